The van der Waals surface area contributed by atoms with Gasteiger partial charge < -0.3 is 9.80 Å². The molecule has 0 bridgehead atoms. The quantitative estimate of drug-likeness (QED) is 0.778. The molecule has 0 saturated carbocycles. The Morgan fingerprint density at radius 1 is 1.17 bits per heavy atom. The summed E-state index contributed by atoms with van der Waals surface area (Å²) in [6.45, 7) is 3.54. The minimum absolute atomic E-state index is 0.178. The van der Waals surface area contributed by atoms with Crippen LogP contribution in [0.5, 0.6) is 0 Å². The molecule has 2 aliphatic rings. The molecule has 3 heterocycles. The lowest BCUT2D eigenvalue weighted by atomic mass is 9.95. The molecule has 29 heavy (non-hydrogen) atoms. The van der Waals surface area contributed by atoms with Crippen molar-refractivity contribution in [2.75, 3.05) is 26.7 Å². The van der Waals surface area contributed by atoms with Crippen LogP contribution in [0, 0.1) is 5.82 Å². The van der Waals surface area contributed by atoms with Gasteiger partial charge in [0.25, 0.3) is 0 Å². The summed E-state index contributed by atoms with van der Waals surface area (Å²) in [5.74, 6) is 1.40. The molecule has 0 N–H and O–H groups in total. The number of aromatic nitrogens is 2. The van der Waals surface area contributed by atoms with E-state index in [1.54, 1.807) is 12.1 Å². The zero-order chi connectivity index (χ0) is 20.2. The SMILES string of the molecule is CN1CCC(c2ncc3c(n2)CCN(C(=O)CCCc2ccc(F)cc2)C3)CC1. The number of hydrogen-bond donors (Lipinski definition) is 0. The van der Waals surface area contributed by atoms with Gasteiger partial charge in [-0.3, -0.25) is 4.79 Å². The molecule has 1 amide bonds. The molecule has 5 nitrogen and oxygen atoms in total. The van der Waals surface area contributed by atoms with Crippen molar-refractivity contribution < 1.29 is 9.18 Å². The summed E-state index contributed by atoms with van der Waals surface area (Å²) in [5, 5.41) is 0. The van der Waals surface area contributed by atoms with Crippen LogP contribution < -0.4 is 0 Å². The standard InChI is InChI=1S/C23H29FN4O/c1-27-12-9-18(10-13-27)23-25-15-19-16-28(14-11-21(19)26-23)22(29)4-2-3-17-5-7-20(24)8-6-17/h5-8,15,18H,2-4,9-14,16H2,1H3. The van der Waals surface area contributed by atoms with Gasteiger partial charge in [-0.05, 0) is 63.5 Å². The first-order valence-electron chi connectivity index (χ1n) is 10.6. The van der Waals surface area contributed by atoms with Gasteiger partial charge in [-0.2, -0.15) is 0 Å². The van der Waals surface area contributed by atoms with E-state index in [9.17, 15) is 9.18 Å². The second kappa shape index (κ2) is 8.99. The van der Waals surface area contributed by atoms with Gasteiger partial charge in [0.15, 0.2) is 0 Å². The third-order valence-electron chi connectivity index (χ3n) is 6.16. The van der Waals surface area contributed by atoms with Gasteiger partial charge in [-0.15, -0.1) is 0 Å². The molecule has 1 aromatic carbocycles. The van der Waals surface area contributed by atoms with Crippen molar-refractivity contribution in [1.29, 1.82) is 0 Å². The summed E-state index contributed by atoms with van der Waals surface area (Å²) in [5.41, 5.74) is 3.27. The lowest BCUT2D eigenvalue weighted by Gasteiger charge is -2.30. The first-order valence-corrected chi connectivity index (χ1v) is 10.6. The van der Waals surface area contributed by atoms with Crippen LogP contribution in [0.1, 0.15) is 54.2 Å². The van der Waals surface area contributed by atoms with Crippen molar-refractivity contribution in [3.8, 4) is 0 Å². The maximum Gasteiger partial charge on any atom is 0.222 e. The van der Waals surface area contributed by atoms with Crippen LogP contribution in [0.25, 0.3) is 0 Å². The van der Waals surface area contributed by atoms with Crippen LogP contribution in [-0.4, -0.2) is 52.4 Å². The molecule has 0 radical (unpaired) electrons. The average molecular weight is 397 g/mol. The number of halogens is 1. The Morgan fingerprint density at radius 2 is 1.93 bits per heavy atom. The number of likely N-dealkylation sites (tertiary alicyclic amines) is 1. The molecule has 154 valence electrons. The van der Waals surface area contributed by atoms with Gasteiger partial charge in [-0.25, -0.2) is 14.4 Å². The molecule has 0 unspecified atom stereocenters. The third kappa shape index (κ3) is 4.99. The minimum atomic E-state index is -0.224. The van der Waals surface area contributed by atoms with E-state index in [-0.39, 0.29) is 11.7 Å². The second-order valence-corrected chi connectivity index (χ2v) is 8.32. The van der Waals surface area contributed by atoms with E-state index >= 15 is 0 Å². The molecule has 0 spiro atoms. The number of amides is 1. The van der Waals surface area contributed by atoms with Gasteiger partial charge in [0.2, 0.25) is 5.91 Å². The smallest absolute Gasteiger partial charge is 0.222 e. The summed E-state index contributed by atoms with van der Waals surface area (Å²) in [7, 11) is 2.16. The topological polar surface area (TPSA) is 49.3 Å². The Balaban J connectivity index is 1.30. The molecule has 2 aromatic rings. The maximum atomic E-state index is 13.0. The van der Waals surface area contributed by atoms with Crippen molar-refractivity contribution in [3.63, 3.8) is 0 Å². The number of fused-ring (bicyclic) bond motifs is 1. The largest absolute Gasteiger partial charge is 0.338 e. The fourth-order valence-corrected chi connectivity index (χ4v) is 4.26. The van der Waals surface area contributed by atoms with E-state index in [0.29, 0.717) is 18.9 Å². The zero-order valence-corrected chi connectivity index (χ0v) is 17.1. The highest BCUT2D eigenvalue weighted by atomic mass is 19.1. The Labute approximate surface area is 172 Å². The number of rotatable bonds is 5. The Morgan fingerprint density at radius 3 is 2.69 bits per heavy atom. The van der Waals surface area contributed by atoms with Crippen LogP contribution in [0.2, 0.25) is 0 Å². The predicted molar refractivity (Wildman–Crippen MR) is 110 cm³/mol. The number of aryl methyl sites for hydroxylation is 1. The van der Waals surface area contributed by atoms with Crippen LogP contribution in [0.4, 0.5) is 4.39 Å². The molecule has 2 aliphatic heterocycles. The summed E-state index contributed by atoms with van der Waals surface area (Å²) < 4.78 is 13.0. The molecule has 0 aliphatic carbocycles. The van der Waals surface area contributed by atoms with Crippen molar-refractivity contribution in [2.45, 2.75) is 51.0 Å². The van der Waals surface area contributed by atoms with Gasteiger partial charge >= 0.3 is 0 Å². The van der Waals surface area contributed by atoms with Crippen LogP contribution in [-0.2, 0) is 24.2 Å². The summed E-state index contributed by atoms with van der Waals surface area (Å²) in [6, 6.07) is 6.52. The fourth-order valence-electron chi connectivity index (χ4n) is 4.26. The Hall–Kier alpha value is -2.34. The maximum absolute atomic E-state index is 13.0. The van der Waals surface area contributed by atoms with E-state index < -0.39 is 0 Å². The Bertz CT molecular complexity index is 846. The lowest BCUT2D eigenvalue weighted by molar-refractivity contribution is -0.132. The minimum Gasteiger partial charge on any atom is -0.338 e. The van der Waals surface area contributed by atoms with Crippen LogP contribution in [0.3, 0.4) is 0 Å². The molecule has 1 fully saturated rings. The first kappa shape index (κ1) is 20.0. The summed E-state index contributed by atoms with van der Waals surface area (Å²) in [6.07, 6.45) is 7.07. The number of nitrogens with zero attached hydrogens (tertiary/aromatic N) is 4. The van der Waals surface area contributed by atoms with Crippen molar-refractivity contribution in [2.24, 2.45) is 0 Å². The highest BCUT2D eigenvalue weighted by Gasteiger charge is 2.25. The van der Waals surface area contributed by atoms with E-state index in [4.69, 9.17) is 4.98 Å². The normalized spacial score (nSPS) is 17.9. The van der Waals surface area contributed by atoms with Gasteiger partial charge in [0.1, 0.15) is 11.6 Å². The van der Waals surface area contributed by atoms with Crippen molar-refractivity contribution in [1.82, 2.24) is 19.8 Å². The molecule has 4 rings (SSSR count). The third-order valence-corrected chi connectivity index (χ3v) is 6.16. The van der Waals surface area contributed by atoms with Gasteiger partial charge in [-0.1, -0.05) is 12.1 Å². The molecule has 0 atom stereocenters. The van der Waals surface area contributed by atoms with Crippen LogP contribution in [0.15, 0.2) is 30.5 Å². The molecule has 1 aromatic heterocycles. The summed E-state index contributed by atoms with van der Waals surface area (Å²) >= 11 is 0. The van der Waals surface area contributed by atoms with E-state index in [1.807, 2.05) is 11.1 Å². The summed E-state index contributed by atoms with van der Waals surface area (Å²) in [4.78, 5) is 26.4. The van der Waals surface area contributed by atoms with Crippen LogP contribution >= 0.6 is 0 Å². The lowest BCUT2D eigenvalue weighted by Crippen LogP contribution is -2.37. The Kier molecular flexibility index (Phi) is 6.19. The highest BCUT2D eigenvalue weighted by Crippen LogP contribution is 2.26. The molecular weight excluding hydrogens is 367 g/mol. The number of carbonyl (C=O) groups excluding carboxylic acids is 1. The van der Waals surface area contributed by atoms with Crippen molar-refractivity contribution >= 4 is 5.91 Å². The average Bonchev–Trinajstić information content (AvgIpc) is 2.75. The van der Waals surface area contributed by atoms with Gasteiger partial charge in [0, 0.05) is 43.6 Å². The highest BCUT2D eigenvalue weighted by molar-refractivity contribution is 5.76. The first-order chi connectivity index (χ1) is 14.1. The van der Waals surface area contributed by atoms with Crippen molar-refractivity contribution in [3.05, 3.63) is 58.9 Å². The fraction of sp³-hybridized carbons (Fsp3) is 0.522. The van der Waals surface area contributed by atoms with E-state index in [2.05, 4.69) is 16.9 Å². The number of hydrogen-bond acceptors (Lipinski definition) is 4. The van der Waals surface area contributed by atoms with E-state index in [0.717, 1.165) is 74.4 Å². The van der Waals surface area contributed by atoms with Gasteiger partial charge in [0.05, 0.1) is 5.69 Å². The number of benzene rings is 1. The molecular formula is C23H29FN4O. The van der Waals surface area contributed by atoms with E-state index in [1.165, 1.54) is 12.1 Å². The predicted octanol–water partition coefficient (Wildman–Crippen LogP) is 3.33. The molecule has 1 saturated heterocycles. The zero-order valence-electron chi connectivity index (χ0n) is 17.1. The number of piperidine rings is 1. The second-order valence-electron chi connectivity index (χ2n) is 8.32. The monoisotopic (exact) mass is 396 g/mol. The molecule has 6 heteroatoms. The number of carbonyl (C=O) groups is 1.